The zero-order valence-electron chi connectivity index (χ0n) is 11.9. The summed E-state index contributed by atoms with van der Waals surface area (Å²) in [6.45, 7) is 1.27. The van der Waals surface area contributed by atoms with Gasteiger partial charge in [0.2, 0.25) is 0 Å². The molecule has 0 bridgehead atoms. The fourth-order valence-electron chi connectivity index (χ4n) is 1.89. The van der Waals surface area contributed by atoms with Crippen molar-refractivity contribution in [2.45, 2.75) is 13.0 Å². The summed E-state index contributed by atoms with van der Waals surface area (Å²) in [6.07, 6.45) is 0. The standard InChI is InChI=1S/C16H17NO4/c1-11(16(19)20)17(2)15(18)10-21-14-8-7-12-5-3-4-6-13(12)9-14/h3-9,11H,10H2,1-2H3,(H,19,20). The van der Waals surface area contributed by atoms with E-state index in [9.17, 15) is 9.59 Å². The lowest BCUT2D eigenvalue weighted by Gasteiger charge is -2.21. The summed E-state index contributed by atoms with van der Waals surface area (Å²) in [6, 6.07) is 12.5. The number of carbonyl (C=O) groups is 2. The van der Waals surface area contributed by atoms with Crippen LogP contribution in [0.4, 0.5) is 0 Å². The van der Waals surface area contributed by atoms with Crippen LogP contribution in [0.3, 0.4) is 0 Å². The van der Waals surface area contributed by atoms with Gasteiger partial charge in [-0.1, -0.05) is 30.3 Å². The number of rotatable bonds is 5. The van der Waals surface area contributed by atoms with Gasteiger partial charge in [0, 0.05) is 7.05 Å². The molecule has 0 aromatic heterocycles. The maximum absolute atomic E-state index is 11.9. The van der Waals surface area contributed by atoms with Crippen molar-refractivity contribution in [3.05, 3.63) is 42.5 Å². The molecule has 0 spiro atoms. The minimum atomic E-state index is -1.04. The van der Waals surface area contributed by atoms with E-state index in [1.165, 1.54) is 14.0 Å². The topological polar surface area (TPSA) is 66.8 Å². The van der Waals surface area contributed by atoms with Gasteiger partial charge in [0.1, 0.15) is 11.8 Å². The van der Waals surface area contributed by atoms with Crippen LogP contribution in [0.25, 0.3) is 10.8 Å². The molecule has 2 aromatic carbocycles. The van der Waals surface area contributed by atoms with Crippen molar-refractivity contribution in [2.24, 2.45) is 0 Å². The SMILES string of the molecule is CC(C(=O)O)N(C)C(=O)COc1ccc2ccccc2c1. The highest BCUT2D eigenvalue weighted by Gasteiger charge is 2.21. The molecule has 0 aliphatic carbocycles. The predicted molar refractivity (Wildman–Crippen MR) is 79.3 cm³/mol. The summed E-state index contributed by atoms with van der Waals surface area (Å²) < 4.78 is 5.44. The molecule has 0 saturated carbocycles. The second-order valence-corrected chi connectivity index (χ2v) is 4.82. The molecular formula is C16H17NO4. The molecule has 5 heteroatoms. The summed E-state index contributed by atoms with van der Waals surface area (Å²) in [7, 11) is 1.45. The van der Waals surface area contributed by atoms with Crippen LogP contribution in [-0.4, -0.2) is 41.6 Å². The molecule has 5 nitrogen and oxygen atoms in total. The number of amides is 1. The maximum Gasteiger partial charge on any atom is 0.326 e. The van der Waals surface area contributed by atoms with Crippen LogP contribution in [0.1, 0.15) is 6.92 Å². The summed E-state index contributed by atoms with van der Waals surface area (Å²) in [5, 5.41) is 11.0. The number of carbonyl (C=O) groups excluding carboxylic acids is 1. The van der Waals surface area contributed by atoms with E-state index in [1.54, 1.807) is 6.07 Å². The van der Waals surface area contributed by atoms with Gasteiger partial charge >= 0.3 is 5.97 Å². The molecule has 2 aromatic rings. The zero-order valence-corrected chi connectivity index (χ0v) is 11.9. The average Bonchev–Trinajstić information content (AvgIpc) is 2.50. The first-order chi connectivity index (χ1) is 9.99. The molecule has 0 radical (unpaired) electrons. The Bertz CT molecular complexity index is 668. The van der Waals surface area contributed by atoms with Crippen molar-refractivity contribution in [1.29, 1.82) is 0 Å². The molecule has 1 amide bonds. The number of carboxylic acid groups (broad SMARTS) is 1. The van der Waals surface area contributed by atoms with Crippen LogP contribution in [-0.2, 0) is 9.59 Å². The lowest BCUT2D eigenvalue weighted by molar-refractivity contribution is -0.148. The summed E-state index contributed by atoms with van der Waals surface area (Å²) in [5.74, 6) is -0.840. The number of hydrogen-bond acceptors (Lipinski definition) is 3. The molecule has 1 N–H and O–H groups in total. The van der Waals surface area contributed by atoms with Gasteiger partial charge in [0.25, 0.3) is 5.91 Å². The third-order valence-electron chi connectivity index (χ3n) is 3.41. The van der Waals surface area contributed by atoms with Gasteiger partial charge in [-0.25, -0.2) is 4.79 Å². The van der Waals surface area contributed by atoms with Gasteiger partial charge in [-0.3, -0.25) is 4.79 Å². The number of carboxylic acids is 1. The average molecular weight is 287 g/mol. The predicted octanol–water partition coefficient (Wildman–Crippen LogP) is 2.15. The minimum Gasteiger partial charge on any atom is -0.484 e. The van der Waals surface area contributed by atoms with Crippen molar-refractivity contribution in [2.75, 3.05) is 13.7 Å². The number of benzene rings is 2. The highest BCUT2D eigenvalue weighted by atomic mass is 16.5. The van der Waals surface area contributed by atoms with Crippen LogP contribution in [0, 0.1) is 0 Å². The van der Waals surface area contributed by atoms with Crippen molar-refractivity contribution in [3.8, 4) is 5.75 Å². The highest BCUT2D eigenvalue weighted by molar-refractivity contribution is 5.85. The Hall–Kier alpha value is -2.56. The first kappa shape index (κ1) is 14.8. The summed E-state index contributed by atoms with van der Waals surface area (Å²) in [5.41, 5.74) is 0. The van der Waals surface area contributed by atoms with Gasteiger partial charge in [-0.15, -0.1) is 0 Å². The van der Waals surface area contributed by atoms with Crippen molar-refractivity contribution < 1.29 is 19.4 Å². The van der Waals surface area contributed by atoms with Gasteiger partial charge in [0.05, 0.1) is 0 Å². The molecule has 1 unspecified atom stereocenters. The van der Waals surface area contributed by atoms with E-state index >= 15 is 0 Å². The second kappa shape index (κ2) is 6.26. The smallest absolute Gasteiger partial charge is 0.326 e. The lowest BCUT2D eigenvalue weighted by Crippen LogP contribution is -2.42. The number of likely N-dealkylation sites (N-methyl/N-ethyl adjacent to an activating group) is 1. The molecule has 0 fully saturated rings. The van der Waals surface area contributed by atoms with E-state index in [1.807, 2.05) is 36.4 Å². The second-order valence-electron chi connectivity index (χ2n) is 4.82. The summed E-state index contributed by atoms with van der Waals surface area (Å²) in [4.78, 5) is 23.9. The largest absolute Gasteiger partial charge is 0.484 e. The number of ether oxygens (including phenoxy) is 1. The zero-order chi connectivity index (χ0) is 15.4. The van der Waals surface area contributed by atoms with E-state index in [0.29, 0.717) is 5.75 Å². The Morgan fingerprint density at radius 3 is 2.52 bits per heavy atom. The number of aliphatic carboxylic acids is 1. The number of nitrogens with zero attached hydrogens (tertiary/aromatic N) is 1. The van der Waals surface area contributed by atoms with E-state index in [4.69, 9.17) is 9.84 Å². The Morgan fingerprint density at radius 2 is 1.86 bits per heavy atom. The van der Waals surface area contributed by atoms with Crippen molar-refractivity contribution in [3.63, 3.8) is 0 Å². The van der Waals surface area contributed by atoms with E-state index in [-0.39, 0.29) is 12.5 Å². The van der Waals surface area contributed by atoms with E-state index in [2.05, 4.69) is 0 Å². The normalized spacial score (nSPS) is 11.9. The summed E-state index contributed by atoms with van der Waals surface area (Å²) >= 11 is 0. The van der Waals surface area contributed by atoms with Crippen molar-refractivity contribution >= 4 is 22.6 Å². The van der Waals surface area contributed by atoms with Gasteiger partial charge in [0.15, 0.2) is 6.61 Å². The van der Waals surface area contributed by atoms with Crippen LogP contribution >= 0.6 is 0 Å². The molecule has 2 rings (SSSR count). The Kier molecular flexibility index (Phi) is 4.42. The van der Waals surface area contributed by atoms with Gasteiger partial charge in [-0.05, 0) is 29.8 Å². The van der Waals surface area contributed by atoms with E-state index in [0.717, 1.165) is 15.7 Å². The Balaban J connectivity index is 2.01. The van der Waals surface area contributed by atoms with E-state index < -0.39 is 12.0 Å². The molecule has 1 atom stereocenters. The van der Waals surface area contributed by atoms with Crippen LogP contribution in [0.2, 0.25) is 0 Å². The highest BCUT2D eigenvalue weighted by Crippen LogP contribution is 2.20. The number of fused-ring (bicyclic) bond motifs is 1. The Labute approximate surface area is 122 Å². The fourth-order valence-corrected chi connectivity index (χ4v) is 1.89. The molecular weight excluding hydrogens is 270 g/mol. The molecule has 0 heterocycles. The molecule has 0 aliphatic rings. The molecule has 0 saturated heterocycles. The third kappa shape index (κ3) is 3.51. The quantitative estimate of drug-likeness (QED) is 0.915. The first-order valence-corrected chi connectivity index (χ1v) is 6.59. The van der Waals surface area contributed by atoms with Crippen molar-refractivity contribution in [1.82, 2.24) is 4.90 Å². The third-order valence-corrected chi connectivity index (χ3v) is 3.41. The minimum absolute atomic E-state index is 0.188. The molecule has 0 aliphatic heterocycles. The van der Waals surface area contributed by atoms with Gasteiger partial charge < -0.3 is 14.7 Å². The maximum atomic E-state index is 11.9. The van der Waals surface area contributed by atoms with Crippen LogP contribution in [0.5, 0.6) is 5.75 Å². The van der Waals surface area contributed by atoms with Gasteiger partial charge in [-0.2, -0.15) is 0 Å². The molecule has 110 valence electrons. The monoisotopic (exact) mass is 287 g/mol. The van der Waals surface area contributed by atoms with Crippen LogP contribution < -0.4 is 4.74 Å². The fraction of sp³-hybridized carbons (Fsp3) is 0.250. The van der Waals surface area contributed by atoms with Crippen LogP contribution in [0.15, 0.2) is 42.5 Å². The number of hydrogen-bond donors (Lipinski definition) is 1. The molecule has 21 heavy (non-hydrogen) atoms. The Morgan fingerprint density at radius 1 is 1.19 bits per heavy atom. The first-order valence-electron chi connectivity index (χ1n) is 6.59. The lowest BCUT2D eigenvalue weighted by atomic mass is 10.1.